The van der Waals surface area contributed by atoms with Crippen molar-refractivity contribution in [2.75, 3.05) is 24.6 Å². The van der Waals surface area contributed by atoms with Crippen molar-refractivity contribution in [3.63, 3.8) is 0 Å². The summed E-state index contributed by atoms with van der Waals surface area (Å²) in [6, 6.07) is 16.6. The predicted octanol–water partition coefficient (Wildman–Crippen LogP) is 3.18. The Morgan fingerprint density at radius 1 is 1.04 bits per heavy atom. The number of hydrogen-bond acceptors (Lipinski definition) is 4. The van der Waals surface area contributed by atoms with Crippen LogP contribution in [0.15, 0.2) is 58.3 Å². The summed E-state index contributed by atoms with van der Waals surface area (Å²) in [6.07, 6.45) is 1.02. The lowest BCUT2D eigenvalue weighted by molar-refractivity contribution is -0.120. The van der Waals surface area contributed by atoms with Crippen molar-refractivity contribution in [2.24, 2.45) is 0 Å². The standard InChI is InChI=1S/C18H20N2O2S/c21-13-5-11-19-18(22)10-12-20-14-6-1-3-8-16(14)23-17-9-4-2-7-15(17)20/h1-4,6-9,21H,5,10-13H2,(H,19,22). The van der Waals surface area contributed by atoms with Gasteiger partial charge in [0.05, 0.1) is 11.4 Å². The molecule has 1 aliphatic rings. The number of anilines is 2. The summed E-state index contributed by atoms with van der Waals surface area (Å²) in [5.41, 5.74) is 2.30. The number of benzene rings is 2. The lowest BCUT2D eigenvalue weighted by atomic mass is 10.2. The first-order chi connectivity index (χ1) is 11.3. The fourth-order valence-corrected chi connectivity index (χ4v) is 3.73. The minimum atomic E-state index is 0.0200. The van der Waals surface area contributed by atoms with E-state index in [0.29, 0.717) is 25.9 Å². The van der Waals surface area contributed by atoms with Gasteiger partial charge in [0.2, 0.25) is 5.91 Å². The van der Waals surface area contributed by atoms with Crippen LogP contribution in [0.5, 0.6) is 0 Å². The smallest absolute Gasteiger partial charge is 0.221 e. The topological polar surface area (TPSA) is 52.6 Å². The van der Waals surface area contributed by atoms with Crippen molar-refractivity contribution >= 4 is 29.0 Å². The van der Waals surface area contributed by atoms with Gasteiger partial charge < -0.3 is 15.3 Å². The minimum absolute atomic E-state index is 0.0200. The molecule has 0 spiro atoms. The molecule has 0 aromatic heterocycles. The quantitative estimate of drug-likeness (QED) is 0.800. The summed E-state index contributed by atoms with van der Waals surface area (Å²) in [4.78, 5) is 16.6. The van der Waals surface area contributed by atoms with Gasteiger partial charge in [-0.25, -0.2) is 0 Å². The van der Waals surface area contributed by atoms with Crippen LogP contribution in [-0.2, 0) is 4.79 Å². The maximum absolute atomic E-state index is 12.0. The first-order valence-electron chi connectivity index (χ1n) is 7.80. The van der Waals surface area contributed by atoms with Crippen molar-refractivity contribution in [2.45, 2.75) is 22.6 Å². The summed E-state index contributed by atoms with van der Waals surface area (Å²) < 4.78 is 0. The summed E-state index contributed by atoms with van der Waals surface area (Å²) in [7, 11) is 0. The maximum Gasteiger partial charge on any atom is 0.221 e. The van der Waals surface area contributed by atoms with Crippen LogP contribution < -0.4 is 10.2 Å². The lowest BCUT2D eigenvalue weighted by Gasteiger charge is -2.32. The van der Waals surface area contributed by atoms with Crippen LogP contribution in [0.25, 0.3) is 0 Å². The number of hydrogen-bond donors (Lipinski definition) is 2. The van der Waals surface area contributed by atoms with Gasteiger partial charge in [-0.2, -0.15) is 0 Å². The molecule has 0 aliphatic carbocycles. The Hall–Kier alpha value is -1.98. The Morgan fingerprint density at radius 3 is 2.26 bits per heavy atom. The van der Waals surface area contributed by atoms with Crippen LogP contribution in [0.2, 0.25) is 0 Å². The fraction of sp³-hybridized carbons (Fsp3) is 0.278. The van der Waals surface area contributed by atoms with Crippen LogP contribution in [-0.4, -0.2) is 30.7 Å². The Labute approximate surface area is 140 Å². The Kier molecular flexibility index (Phi) is 5.20. The van der Waals surface area contributed by atoms with Crippen molar-refractivity contribution in [3.8, 4) is 0 Å². The number of rotatable bonds is 6. The molecular weight excluding hydrogens is 308 g/mol. The molecule has 0 radical (unpaired) electrons. The molecule has 2 aromatic carbocycles. The van der Waals surface area contributed by atoms with E-state index in [-0.39, 0.29) is 12.5 Å². The third-order valence-electron chi connectivity index (χ3n) is 3.75. The van der Waals surface area contributed by atoms with Crippen molar-refractivity contribution < 1.29 is 9.90 Å². The van der Waals surface area contributed by atoms with Crippen LogP contribution in [0.3, 0.4) is 0 Å². The average Bonchev–Trinajstić information content (AvgIpc) is 2.59. The molecule has 2 N–H and O–H groups in total. The molecule has 1 aliphatic heterocycles. The molecule has 1 heterocycles. The number of aliphatic hydroxyl groups is 1. The molecule has 1 amide bonds. The Balaban J connectivity index is 1.75. The molecule has 0 unspecified atom stereocenters. The van der Waals surface area contributed by atoms with E-state index in [1.165, 1.54) is 9.79 Å². The molecule has 0 saturated carbocycles. The largest absolute Gasteiger partial charge is 0.396 e. The van der Waals surface area contributed by atoms with Crippen LogP contribution >= 0.6 is 11.8 Å². The third kappa shape index (κ3) is 3.68. The number of aliphatic hydroxyl groups excluding tert-OH is 1. The van der Waals surface area contributed by atoms with Crippen molar-refractivity contribution in [3.05, 3.63) is 48.5 Å². The molecule has 0 bridgehead atoms. The summed E-state index contributed by atoms with van der Waals surface area (Å²) in [5.74, 6) is 0.0200. The molecule has 0 saturated heterocycles. The van der Waals surface area contributed by atoms with Gasteiger partial charge in [-0.3, -0.25) is 4.79 Å². The molecule has 2 aromatic rings. The number of nitrogens with one attached hydrogen (secondary N) is 1. The second-order valence-corrected chi connectivity index (χ2v) is 6.45. The van der Waals surface area contributed by atoms with E-state index >= 15 is 0 Å². The monoisotopic (exact) mass is 328 g/mol. The second-order valence-electron chi connectivity index (χ2n) is 5.37. The number of carbonyl (C=O) groups excluding carboxylic acids is 1. The van der Waals surface area contributed by atoms with Crippen molar-refractivity contribution in [1.82, 2.24) is 5.32 Å². The zero-order valence-corrected chi connectivity index (χ0v) is 13.7. The highest BCUT2D eigenvalue weighted by Gasteiger charge is 2.22. The van der Waals surface area contributed by atoms with E-state index in [9.17, 15) is 4.79 Å². The van der Waals surface area contributed by atoms with Gasteiger partial charge in [0, 0.05) is 35.9 Å². The summed E-state index contributed by atoms with van der Waals surface area (Å²) in [5, 5.41) is 11.6. The van der Waals surface area contributed by atoms with E-state index < -0.39 is 0 Å². The molecule has 4 nitrogen and oxygen atoms in total. The van der Waals surface area contributed by atoms with E-state index in [1.807, 2.05) is 24.3 Å². The SMILES string of the molecule is O=C(CCN1c2ccccc2Sc2ccccc21)NCCCO. The Bertz CT molecular complexity index is 645. The van der Waals surface area contributed by atoms with Crippen LogP contribution in [0.1, 0.15) is 12.8 Å². The highest BCUT2D eigenvalue weighted by Crippen LogP contribution is 2.47. The van der Waals surface area contributed by atoms with Gasteiger partial charge in [0.15, 0.2) is 0 Å². The molecule has 0 atom stereocenters. The van der Waals surface area contributed by atoms with Gasteiger partial charge in [-0.1, -0.05) is 36.0 Å². The summed E-state index contributed by atoms with van der Waals surface area (Å²) >= 11 is 1.77. The molecule has 23 heavy (non-hydrogen) atoms. The van der Waals surface area contributed by atoms with Gasteiger partial charge in [0.25, 0.3) is 0 Å². The fourth-order valence-electron chi connectivity index (χ4n) is 2.63. The van der Waals surface area contributed by atoms with Gasteiger partial charge in [0.1, 0.15) is 0 Å². The molecule has 120 valence electrons. The normalized spacial score (nSPS) is 12.5. The predicted molar refractivity (Wildman–Crippen MR) is 93.3 cm³/mol. The van der Waals surface area contributed by atoms with Gasteiger partial charge in [-0.05, 0) is 30.7 Å². The first kappa shape index (κ1) is 15.9. The number of nitrogens with zero attached hydrogens (tertiary/aromatic N) is 1. The summed E-state index contributed by atoms with van der Waals surface area (Å²) in [6.45, 7) is 1.27. The molecule has 5 heteroatoms. The third-order valence-corrected chi connectivity index (χ3v) is 4.88. The molecular formula is C18H20N2O2S. The molecule has 3 rings (SSSR count). The van der Waals surface area contributed by atoms with Gasteiger partial charge in [-0.15, -0.1) is 0 Å². The Morgan fingerprint density at radius 2 is 1.65 bits per heavy atom. The number of amides is 1. The minimum Gasteiger partial charge on any atom is -0.396 e. The second kappa shape index (κ2) is 7.53. The number of fused-ring (bicyclic) bond motifs is 2. The average molecular weight is 328 g/mol. The van der Waals surface area contributed by atoms with E-state index in [4.69, 9.17) is 5.11 Å². The van der Waals surface area contributed by atoms with E-state index in [0.717, 1.165) is 11.4 Å². The van der Waals surface area contributed by atoms with Gasteiger partial charge >= 0.3 is 0 Å². The highest BCUT2D eigenvalue weighted by molar-refractivity contribution is 7.99. The van der Waals surface area contributed by atoms with Crippen molar-refractivity contribution in [1.29, 1.82) is 0 Å². The van der Waals surface area contributed by atoms with Crippen LogP contribution in [0.4, 0.5) is 11.4 Å². The zero-order chi connectivity index (χ0) is 16.1. The van der Waals surface area contributed by atoms with E-state index in [1.54, 1.807) is 11.8 Å². The zero-order valence-electron chi connectivity index (χ0n) is 12.9. The van der Waals surface area contributed by atoms with Crippen LogP contribution in [0, 0.1) is 0 Å². The van der Waals surface area contributed by atoms with E-state index in [2.05, 4.69) is 34.5 Å². The maximum atomic E-state index is 12.0. The number of carbonyl (C=O) groups is 1. The number of para-hydroxylation sites is 2. The molecule has 0 fully saturated rings. The first-order valence-corrected chi connectivity index (χ1v) is 8.62. The highest BCUT2D eigenvalue weighted by atomic mass is 32.2. The lowest BCUT2D eigenvalue weighted by Crippen LogP contribution is -2.30.